The van der Waals surface area contributed by atoms with Crippen molar-refractivity contribution in [3.8, 4) is 0 Å². The van der Waals surface area contributed by atoms with Crippen LogP contribution in [0.3, 0.4) is 0 Å². The van der Waals surface area contributed by atoms with E-state index in [1.165, 1.54) is 45.6 Å². The first kappa shape index (κ1) is 8.48. The van der Waals surface area contributed by atoms with Crippen molar-refractivity contribution in [2.45, 2.75) is 19.0 Å². The molecule has 0 saturated carbocycles. The van der Waals surface area contributed by atoms with Crippen LogP contribution in [0.4, 0.5) is 0 Å². The summed E-state index contributed by atoms with van der Waals surface area (Å²) in [5, 5.41) is 3.55. The molecule has 12 heavy (non-hydrogen) atoms. The summed E-state index contributed by atoms with van der Waals surface area (Å²) < 4.78 is 0. The lowest BCUT2D eigenvalue weighted by atomic mass is 10.2. The van der Waals surface area contributed by atoms with Crippen LogP contribution in [0.5, 0.6) is 0 Å². The van der Waals surface area contributed by atoms with Crippen molar-refractivity contribution in [2.75, 3.05) is 39.8 Å². The summed E-state index contributed by atoms with van der Waals surface area (Å²) in [5.41, 5.74) is 0. The van der Waals surface area contributed by atoms with Crippen LogP contribution in [0.2, 0.25) is 0 Å². The van der Waals surface area contributed by atoms with Gasteiger partial charge in [-0.2, -0.15) is 0 Å². The van der Waals surface area contributed by atoms with Gasteiger partial charge in [0, 0.05) is 26.2 Å². The van der Waals surface area contributed by atoms with Crippen LogP contribution in [0.1, 0.15) is 12.8 Å². The van der Waals surface area contributed by atoms with Gasteiger partial charge in [0.15, 0.2) is 0 Å². The first-order valence-electron chi connectivity index (χ1n) is 5.02. The molecule has 2 saturated heterocycles. The lowest BCUT2D eigenvalue weighted by molar-refractivity contribution is 0.104. The third-order valence-corrected chi connectivity index (χ3v) is 3.01. The molecule has 70 valence electrons. The van der Waals surface area contributed by atoms with Gasteiger partial charge in [0.25, 0.3) is 0 Å². The second-order valence-corrected chi connectivity index (χ2v) is 3.95. The SMILES string of the molecule is CN1CCN([C@H]2CCCN2)CC1. The van der Waals surface area contributed by atoms with Crippen LogP contribution >= 0.6 is 0 Å². The van der Waals surface area contributed by atoms with Crippen molar-refractivity contribution >= 4 is 0 Å². The average molecular weight is 169 g/mol. The maximum absolute atomic E-state index is 3.55. The van der Waals surface area contributed by atoms with Crippen LogP contribution in [-0.2, 0) is 0 Å². The predicted octanol–water partition coefficient (Wildman–Crippen LogP) is -0.0567. The zero-order chi connectivity index (χ0) is 8.39. The molecule has 0 aromatic rings. The summed E-state index contributed by atoms with van der Waals surface area (Å²) in [6, 6.07) is 0. The van der Waals surface area contributed by atoms with Crippen molar-refractivity contribution in [3.05, 3.63) is 0 Å². The lowest BCUT2D eigenvalue weighted by Crippen LogP contribution is -2.51. The molecular formula is C9H19N3. The van der Waals surface area contributed by atoms with Gasteiger partial charge in [-0.3, -0.25) is 4.90 Å². The first-order valence-corrected chi connectivity index (χ1v) is 5.02. The fourth-order valence-electron chi connectivity index (χ4n) is 2.11. The van der Waals surface area contributed by atoms with Crippen molar-refractivity contribution in [3.63, 3.8) is 0 Å². The molecule has 0 aliphatic carbocycles. The fourth-order valence-corrected chi connectivity index (χ4v) is 2.11. The molecule has 0 bridgehead atoms. The van der Waals surface area contributed by atoms with Gasteiger partial charge in [-0.05, 0) is 26.4 Å². The van der Waals surface area contributed by atoms with Crippen molar-refractivity contribution in [1.82, 2.24) is 15.1 Å². The lowest BCUT2D eigenvalue weighted by Gasteiger charge is -2.36. The Labute approximate surface area is 74.7 Å². The minimum Gasteiger partial charge on any atom is -0.304 e. The minimum absolute atomic E-state index is 0.693. The fraction of sp³-hybridized carbons (Fsp3) is 1.00. The molecule has 0 amide bonds. The van der Waals surface area contributed by atoms with Crippen LogP contribution < -0.4 is 5.32 Å². The number of hydrogen-bond acceptors (Lipinski definition) is 3. The Kier molecular flexibility index (Phi) is 2.63. The molecule has 2 aliphatic rings. The molecule has 0 radical (unpaired) electrons. The van der Waals surface area contributed by atoms with E-state index in [4.69, 9.17) is 0 Å². The maximum atomic E-state index is 3.55. The van der Waals surface area contributed by atoms with Gasteiger partial charge in [-0.1, -0.05) is 0 Å². The highest BCUT2D eigenvalue weighted by Gasteiger charge is 2.24. The van der Waals surface area contributed by atoms with Crippen LogP contribution in [0, 0.1) is 0 Å². The summed E-state index contributed by atoms with van der Waals surface area (Å²) in [4.78, 5) is 5.00. The standard InChI is InChI=1S/C9H19N3/c1-11-5-7-12(8-6-11)9-3-2-4-10-9/h9-10H,2-8H2,1H3/t9-/m0/s1. The second kappa shape index (κ2) is 3.73. The molecule has 2 fully saturated rings. The van der Waals surface area contributed by atoms with Crippen molar-refractivity contribution < 1.29 is 0 Å². The Bertz CT molecular complexity index is 135. The van der Waals surface area contributed by atoms with Gasteiger partial charge in [0.05, 0.1) is 6.17 Å². The maximum Gasteiger partial charge on any atom is 0.0598 e. The molecule has 2 heterocycles. The Morgan fingerprint density at radius 1 is 1.17 bits per heavy atom. The van der Waals surface area contributed by atoms with Crippen LogP contribution in [0.25, 0.3) is 0 Å². The number of piperazine rings is 1. The number of hydrogen-bond donors (Lipinski definition) is 1. The van der Waals surface area contributed by atoms with Crippen LogP contribution in [0.15, 0.2) is 0 Å². The monoisotopic (exact) mass is 169 g/mol. The van der Waals surface area contributed by atoms with E-state index in [0.717, 1.165) is 0 Å². The van der Waals surface area contributed by atoms with Gasteiger partial charge >= 0.3 is 0 Å². The van der Waals surface area contributed by atoms with E-state index in [2.05, 4.69) is 22.2 Å². The molecule has 0 aromatic carbocycles. The average Bonchev–Trinajstić information content (AvgIpc) is 2.58. The first-order chi connectivity index (χ1) is 5.86. The van der Waals surface area contributed by atoms with Gasteiger partial charge in [-0.15, -0.1) is 0 Å². The van der Waals surface area contributed by atoms with E-state index in [-0.39, 0.29) is 0 Å². The molecule has 2 aliphatic heterocycles. The summed E-state index contributed by atoms with van der Waals surface area (Å²) >= 11 is 0. The molecule has 3 nitrogen and oxygen atoms in total. The topological polar surface area (TPSA) is 18.5 Å². The number of likely N-dealkylation sites (N-methyl/N-ethyl adjacent to an activating group) is 1. The van der Waals surface area contributed by atoms with E-state index >= 15 is 0 Å². The molecule has 0 spiro atoms. The van der Waals surface area contributed by atoms with Gasteiger partial charge < -0.3 is 10.2 Å². The number of nitrogens with one attached hydrogen (secondary N) is 1. The smallest absolute Gasteiger partial charge is 0.0598 e. The highest BCUT2D eigenvalue weighted by Crippen LogP contribution is 2.12. The Balaban J connectivity index is 1.80. The molecule has 0 unspecified atom stereocenters. The quantitative estimate of drug-likeness (QED) is 0.593. The number of rotatable bonds is 1. The summed E-state index contributed by atoms with van der Waals surface area (Å²) in [6.45, 7) is 6.18. The zero-order valence-electron chi connectivity index (χ0n) is 7.92. The van der Waals surface area contributed by atoms with Crippen molar-refractivity contribution in [1.29, 1.82) is 0 Å². The summed E-state index contributed by atoms with van der Waals surface area (Å²) in [5.74, 6) is 0. The van der Waals surface area contributed by atoms with Crippen molar-refractivity contribution in [2.24, 2.45) is 0 Å². The van der Waals surface area contributed by atoms with Crippen LogP contribution in [-0.4, -0.2) is 55.7 Å². The molecular weight excluding hydrogens is 150 g/mol. The third-order valence-electron chi connectivity index (χ3n) is 3.01. The second-order valence-electron chi connectivity index (χ2n) is 3.95. The van der Waals surface area contributed by atoms with E-state index in [1.54, 1.807) is 0 Å². The predicted molar refractivity (Wildman–Crippen MR) is 50.1 cm³/mol. The zero-order valence-corrected chi connectivity index (χ0v) is 7.92. The minimum atomic E-state index is 0.693. The molecule has 1 atom stereocenters. The van der Waals surface area contributed by atoms with E-state index in [0.29, 0.717) is 6.17 Å². The molecule has 2 rings (SSSR count). The Morgan fingerprint density at radius 3 is 2.50 bits per heavy atom. The third kappa shape index (κ3) is 1.79. The normalized spacial score (nSPS) is 34.2. The van der Waals surface area contributed by atoms with Gasteiger partial charge in [-0.25, -0.2) is 0 Å². The van der Waals surface area contributed by atoms with E-state index in [9.17, 15) is 0 Å². The van der Waals surface area contributed by atoms with Gasteiger partial charge in [0.1, 0.15) is 0 Å². The highest BCUT2D eigenvalue weighted by atomic mass is 15.3. The van der Waals surface area contributed by atoms with Gasteiger partial charge in [0.2, 0.25) is 0 Å². The van der Waals surface area contributed by atoms with E-state index in [1.807, 2.05) is 0 Å². The molecule has 0 aromatic heterocycles. The highest BCUT2D eigenvalue weighted by molar-refractivity contribution is 4.79. The Hall–Kier alpha value is -0.120. The molecule has 1 N–H and O–H groups in total. The largest absolute Gasteiger partial charge is 0.304 e. The Morgan fingerprint density at radius 2 is 1.92 bits per heavy atom. The molecule has 3 heteroatoms. The van der Waals surface area contributed by atoms with E-state index < -0.39 is 0 Å². The number of nitrogens with zero attached hydrogens (tertiary/aromatic N) is 2. The summed E-state index contributed by atoms with van der Waals surface area (Å²) in [7, 11) is 2.21. The summed E-state index contributed by atoms with van der Waals surface area (Å²) in [6.07, 6.45) is 3.40.